The molecule has 0 aromatic heterocycles. The first-order valence-electron chi connectivity index (χ1n) is 7.21. The van der Waals surface area contributed by atoms with Crippen LogP contribution in [0.1, 0.15) is 31.2 Å². The molecule has 118 valence electrons. The minimum atomic E-state index is -0.603. The number of benzene rings is 1. The third kappa shape index (κ3) is 2.71. The van der Waals surface area contributed by atoms with E-state index in [4.69, 9.17) is 33.7 Å². The molecule has 23 heavy (non-hydrogen) atoms. The lowest BCUT2D eigenvalue weighted by Crippen LogP contribution is -2.29. The van der Waals surface area contributed by atoms with Gasteiger partial charge >= 0.3 is 0 Å². The Morgan fingerprint density at radius 3 is 2.74 bits per heavy atom. The van der Waals surface area contributed by atoms with Crippen LogP contribution in [0.3, 0.4) is 0 Å². The molecule has 4 nitrogen and oxygen atoms in total. The summed E-state index contributed by atoms with van der Waals surface area (Å²) in [5, 5.41) is 10.4. The van der Waals surface area contributed by atoms with E-state index < -0.39 is 5.92 Å². The standard InChI is InChI=1S/C17H14Cl2N2O2/c1-8-4-13(22)16-14(5-8)23-17(21)11(7-20)15(16)10-3-2-9(18)6-12(10)19/h2-3,6,8,15H,4-5,21H2,1H3/t8-,15+/m0/s1. The molecule has 0 fully saturated rings. The highest BCUT2D eigenvalue weighted by Crippen LogP contribution is 2.46. The molecular formula is C17H14Cl2N2O2. The first-order valence-corrected chi connectivity index (χ1v) is 7.96. The molecule has 6 heteroatoms. The Morgan fingerprint density at radius 1 is 1.35 bits per heavy atom. The summed E-state index contributed by atoms with van der Waals surface area (Å²) in [5.74, 6) is 0.119. The van der Waals surface area contributed by atoms with E-state index in [1.807, 2.05) is 6.92 Å². The van der Waals surface area contributed by atoms with Gasteiger partial charge in [0.25, 0.3) is 0 Å². The molecule has 3 rings (SSSR count). The van der Waals surface area contributed by atoms with Gasteiger partial charge in [0.1, 0.15) is 17.4 Å². The Hall–Kier alpha value is -1.96. The normalized spacial score (nSPS) is 24.2. The van der Waals surface area contributed by atoms with Gasteiger partial charge in [-0.2, -0.15) is 5.26 Å². The number of Topliss-reactive ketones (excluding diaryl/α,β-unsaturated/α-hetero) is 1. The molecule has 0 radical (unpaired) electrons. The predicted octanol–water partition coefficient (Wildman–Crippen LogP) is 4.05. The summed E-state index contributed by atoms with van der Waals surface area (Å²) < 4.78 is 5.57. The van der Waals surface area contributed by atoms with Crippen LogP contribution in [0.25, 0.3) is 0 Å². The van der Waals surface area contributed by atoms with Gasteiger partial charge in [-0.3, -0.25) is 4.79 Å². The first-order chi connectivity index (χ1) is 10.9. The highest BCUT2D eigenvalue weighted by Gasteiger charge is 2.40. The third-order valence-electron chi connectivity index (χ3n) is 4.14. The molecule has 0 unspecified atom stereocenters. The second kappa shape index (κ2) is 5.92. The Bertz CT molecular complexity index is 805. The predicted molar refractivity (Wildman–Crippen MR) is 87.5 cm³/mol. The number of rotatable bonds is 1. The average Bonchev–Trinajstić information content (AvgIpc) is 2.45. The van der Waals surface area contributed by atoms with Crippen molar-refractivity contribution >= 4 is 29.0 Å². The van der Waals surface area contributed by atoms with Crippen molar-refractivity contribution in [2.45, 2.75) is 25.7 Å². The number of ketones is 1. The van der Waals surface area contributed by atoms with E-state index in [9.17, 15) is 10.1 Å². The van der Waals surface area contributed by atoms with Gasteiger partial charge in [-0.25, -0.2) is 0 Å². The molecule has 2 aliphatic rings. The fraction of sp³-hybridized carbons (Fsp3) is 0.294. The van der Waals surface area contributed by atoms with Crippen LogP contribution in [0.15, 0.2) is 41.0 Å². The van der Waals surface area contributed by atoms with Gasteiger partial charge < -0.3 is 10.5 Å². The van der Waals surface area contributed by atoms with Crippen molar-refractivity contribution in [2.75, 3.05) is 0 Å². The molecule has 1 aliphatic heterocycles. The first kappa shape index (κ1) is 15.9. The van der Waals surface area contributed by atoms with E-state index in [0.29, 0.717) is 39.8 Å². The quantitative estimate of drug-likeness (QED) is 0.830. The van der Waals surface area contributed by atoms with Gasteiger partial charge in [-0.15, -0.1) is 0 Å². The van der Waals surface area contributed by atoms with Crippen molar-refractivity contribution < 1.29 is 9.53 Å². The van der Waals surface area contributed by atoms with Crippen LogP contribution in [0.4, 0.5) is 0 Å². The largest absolute Gasteiger partial charge is 0.444 e. The smallest absolute Gasteiger partial charge is 0.205 e. The molecule has 0 spiro atoms. The molecule has 0 bridgehead atoms. The maximum absolute atomic E-state index is 12.6. The topological polar surface area (TPSA) is 76.1 Å². The zero-order valence-corrected chi connectivity index (χ0v) is 13.9. The van der Waals surface area contributed by atoms with Crippen LogP contribution >= 0.6 is 23.2 Å². The fourth-order valence-corrected chi connectivity index (χ4v) is 3.66. The number of allylic oxidation sites excluding steroid dienone is 3. The lowest BCUT2D eigenvalue weighted by Gasteiger charge is -2.33. The number of nitrogens with zero attached hydrogens (tertiary/aromatic N) is 1. The van der Waals surface area contributed by atoms with Gasteiger partial charge in [0, 0.05) is 28.5 Å². The van der Waals surface area contributed by atoms with Gasteiger partial charge in [-0.1, -0.05) is 36.2 Å². The van der Waals surface area contributed by atoms with Crippen molar-refractivity contribution in [2.24, 2.45) is 11.7 Å². The Morgan fingerprint density at radius 2 is 2.09 bits per heavy atom. The Labute approximate surface area is 144 Å². The molecule has 0 amide bonds. The highest BCUT2D eigenvalue weighted by atomic mass is 35.5. The second-order valence-corrected chi connectivity index (χ2v) is 6.71. The summed E-state index contributed by atoms with van der Waals surface area (Å²) in [4.78, 5) is 12.6. The number of halogens is 2. The number of hydrogen-bond acceptors (Lipinski definition) is 4. The zero-order valence-electron chi connectivity index (χ0n) is 12.4. The lowest BCUT2D eigenvalue weighted by atomic mass is 9.75. The minimum absolute atomic E-state index is 0.0316. The maximum atomic E-state index is 12.6. The molecule has 1 heterocycles. The summed E-state index contributed by atoms with van der Waals surface area (Å²) in [7, 11) is 0. The second-order valence-electron chi connectivity index (χ2n) is 5.86. The number of ether oxygens (including phenoxy) is 1. The van der Waals surface area contributed by atoms with Crippen molar-refractivity contribution in [1.29, 1.82) is 5.26 Å². The summed E-state index contributed by atoms with van der Waals surface area (Å²) in [6.07, 6.45) is 1.03. The van der Waals surface area contributed by atoms with E-state index >= 15 is 0 Å². The highest BCUT2D eigenvalue weighted by molar-refractivity contribution is 6.35. The summed E-state index contributed by atoms with van der Waals surface area (Å²) >= 11 is 12.3. The van der Waals surface area contributed by atoms with Crippen molar-refractivity contribution in [3.63, 3.8) is 0 Å². The van der Waals surface area contributed by atoms with Crippen LogP contribution < -0.4 is 5.73 Å². The van der Waals surface area contributed by atoms with Crippen LogP contribution in [-0.4, -0.2) is 5.78 Å². The van der Waals surface area contributed by atoms with Gasteiger partial charge in [0.05, 0.1) is 5.92 Å². The molecule has 1 aliphatic carbocycles. The third-order valence-corrected chi connectivity index (χ3v) is 4.70. The van der Waals surface area contributed by atoms with E-state index in [0.717, 1.165) is 0 Å². The summed E-state index contributed by atoms with van der Waals surface area (Å²) in [5.41, 5.74) is 7.24. The van der Waals surface area contributed by atoms with Crippen molar-refractivity contribution in [1.82, 2.24) is 0 Å². The fourth-order valence-electron chi connectivity index (χ4n) is 3.14. The molecule has 1 aromatic rings. The molecular weight excluding hydrogens is 335 g/mol. The molecule has 2 N–H and O–H groups in total. The van der Waals surface area contributed by atoms with E-state index in [-0.39, 0.29) is 23.2 Å². The van der Waals surface area contributed by atoms with Gasteiger partial charge in [-0.05, 0) is 23.6 Å². The number of carbonyl (C=O) groups excluding carboxylic acids is 1. The minimum Gasteiger partial charge on any atom is -0.444 e. The van der Waals surface area contributed by atoms with E-state index in [1.54, 1.807) is 18.2 Å². The zero-order chi connectivity index (χ0) is 16.7. The molecule has 0 saturated carbocycles. The van der Waals surface area contributed by atoms with Crippen molar-refractivity contribution in [3.05, 3.63) is 56.6 Å². The Kier molecular flexibility index (Phi) is 4.09. The van der Waals surface area contributed by atoms with Crippen LogP contribution in [0.5, 0.6) is 0 Å². The number of nitrogens with two attached hydrogens (primary N) is 1. The SMILES string of the molecule is C[C@H]1CC(=O)C2=C(C1)OC(N)=C(C#N)[C@H]2c1ccc(Cl)cc1Cl. The lowest BCUT2D eigenvalue weighted by molar-refractivity contribution is -0.117. The summed E-state index contributed by atoms with van der Waals surface area (Å²) in [6, 6.07) is 7.06. The average molecular weight is 349 g/mol. The molecule has 0 saturated heterocycles. The maximum Gasteiger partial charge on any atom is 0.205 e. The van der Waals surface area contributed by atoms with E-state index in [1.165, 1.54) is 0 Å². The number of nitriles is 1. The van der Waals surface area contributed by atoms with Crippen LogP contribution in [0.2, 0.25) is 10.0 Å². The van der Waals surface area contributed by atoms with Crippen molar-refractivity contribution in [3.8, 4) is 6.07 Å². The van der Waals surface area contributed by atoms with Crippen LogP contribution in [0, 0.1) is 17.2 Å². The number of hydrogen-bond donors (Lipinski definition) is 1. The van der Waals surface area contributed by atoms with Gasteiger partial charge in [0.15, 0.2) is 5.78 Å². The monoisotopic (exact) mass is 348 g/mol. The number of carbonyl (C=O) groups is 1. The van der Waals surface area contributed by atoms with Gasteiger partial charge in [0.2, 0.25) is 5.88 Å². The molecule has 2 atom stereocenters. The van der Waals surface area contributed by atoms with Crippen LogP contribution in [-0.2, 0) is 9.53 Å². The Balaban J connectivity index is 2.22. The molecule has 1 aromatic carbocycles. The summed E-state index contributed by atoms with van der Waals surface area (Å²) in [6.45, 7) is 1.98. The van der Waals surface area contributed by atoms with E-state index in [2.05, 4.69) is 6.07 Å².